The average Bonchev–Trinajstić information content (AvgIpc) is 2.62. The van der Waals surface area contributed by atoms with E-state index in [1.165, 1.54) is 0 Å². The fraction of sp³-hybridized carbons (Fsp3) is 0. The van der Waals surface area contributed by atoms with E-state index in [1.54, 1.807) is 36.4 Å². The molecule has 0 spiro atoms. The zero-order valence-corrected chi connectivity index (χ0v) is 14.9. The number of ether oxygens (including phenoxy) is 2. The van der Waals surface area contributed by atoms with Gasteiger partial charge in [0.05, 0.1) is 0 Å². The molecule has 0 unspecified atom stereocenters. The summed E-state index contributed by atoms with van der Waals surface area (Å²) in [4.78, 5) is 8.30. The first-order valence-electron chi connectivity index (χ1n) is 7.81. The second-order valence-corrected chi connectivity index (χ2v) is 6.21. The topological polar surface area (TPSA) is 44.2 Å². The molecule has 0 radical (unpaired) electrons. The van der Waals surface area contributed by atoms with Crippen LogP contribution in [0, 0.1) is 0 Å². The summed E-state index contributed by atoms with van der Waals surface area (Å²) in [6.45, 7) is 0. The summed E-state index contributed by atoms with van der Waals surface area (Å²) in [5.74, 6) is 2.13. The van der Waals surface area contributed by atoms with Gasteiger partial charge in [0, 0.05) is 17.5 Å². The van der Waals surface area contributed by atoms with E-state index >= 15 is 0 Å². The van der Waals surface area contributed by atoms with Crippen molar-refractivity contribution < 1.29 is 9.47 Å². The molecule has 128 valence electrons. The molecule has 2 aromatic carbocycles. The second kappa shape index (κ2) is 7.20. The van der Waals surface area contributed by atoms with E-state index in [0.717, 1.165) is 10.8 Å². The van der Waals surface area contributed by atoms with Gasteiger partial charge in [-0.15, -0.1) is 0 Å². The zero-order chi connectivity index (χ0) is 17.9. The van der Waals surface area contributed by atoms with E-state index in [1.807, 2.05) is 36.4 Å². The average molecular weight is 383 g/mol. The monoisotopic (exact) mass is 382 g/mol. The van der Waals surface area contributed by atoms with Crippen LogP contribution in [0.15, 0.2) is 72.8 Å². The van der Waals surface area contributed by atoms with Crippen LogP contribution in [0.1, 0.15) is 0 Å². The van der Waals surface area contributed by atoms with E-state index in [9.17, 15) is 0 Å². The maximum absolute atomic E-state index is 5.93. The van der Waals surface area contributed by atoms with E-state index in [2.05, 4.69) is 9.97 Å². The Balaban J connectivity index is 1.70. The van der Waals surface area contributed by atoms with Crippen LogP contribution in [0.3, 0.4) is 0 Å². The first kappa shape index (κ1) is 16.6. The van der Waals surface area contributed by atoms with Gasteiger partial charge >= 0.3 is 0 Å². The SMILES string of the molecule is Clc1cccc(Oc2ccc3cccc(Oc4cccc(Cl)n4)c3c2)n1. The highest BCUT2D eigenvalue weighted by molar-refractivity contribution is 6.29. The Labute approximate surface area is 160 Å². The largest absolute Gasteiger partial charge is 0.439 e. The third-order valence-corrected chi connectivity index (χ3v) is 4.05. The van der Waals surface area contributed by atoms with Crippen molar-refractivity contribution in [3.63, 3.8) is 0 Å². The van der Waals surface area contributed by atoms with Gasteiger partial charge in [-0.1, -0.05) is 53.5 Å². The van der Waals surface area contributed by atoms with Crippen LogP contribution in [0.5, 0.6) is 23.3 Å². The van der Waals surface area contributed by atoms with Gasteiger partial charge in [-0.05, 0) is 35.7 Å². The molecule has 26 heavy (non-hydrogen) atoms. The van der Waals surface area contributed by atoms with Gasteiger partial charge in [0.1, 0.15) is 21.8 Å². The van der Waals surface area contributed by atoms with Crippen LogP contribution in [0.25, 0.3) is 10.8 Å². The highest BCUT2D eigenvalue weighted by Crippen LogP contribution is 2.33. The van der Waals surface area contributed by atoms with Crippen molar-refractivity contribution >= 4 is 34.0 Å². The third-order valence-electron chi connectivity index (χ3n) is 3.63. The van der Waals surface area contributed by atoms with Crippen molar-refractivity contribution in [2.24, 2.45) is 0 Å². The number of benzene rings is 2. The quantitative estimate of drug-likeness (QED) is 0.376. The first-order chi connectivity index (χ1) is 12.7. The van der Waals surface area contributed by atoms with Crippen LogP contribution in [0.2, 0.25) is 10.3 Å². The lowest BCUT2D eigenvalue weighted by Crippen LogP contribution is -1.91. The van der Waals surface area contributed by atoms with Crippen molar-refractivity contribution in [1.29, 1.82) is 0 Å². The molecule has 0 N–H and O–H groups in total. The Hall–Kier alpha value is -2.82. The molecular weight excluding hydrogens is 371 g/mol. The molecule has 4 rings (SSSR count). The molecule has 4 nitrogen and oxygen atoms in total. The minimum Gasteiger partial charge on any atom is -0.439 e. The highest BCUT2D eigenvalue weighted by atomic mass is 35.5. The Morgan fingerprint density at radius 3 is 2.00 bits per heavy atom. The lowest BCUT2D eigenvalue weighted by Gasteiger charge is -2.10. The Morgan fingerprint density at radius 2 is 1.31 bits per heavy atom. The number of hydrogen-bond donors (Lipinski definition) is 0. The van der Waals surface area contributed by atoms with E-state index in [0.29, 0.717) is 33.6 Å². The number of pyridine rings is 2. The molecule has 0 aliphatic carbocycles. The summed E-state index contributed by atoms with van der Waals surface area (Å²) in [6.07, 6.45) is 0. The normalized spacial score (nSPS) is 10.7. The first-order valence-corrected chi connectivity index (χ1v) is 8.56. The molecule has 0 bridgehead atoms. The molecule has 0 fully saturated rings. The van der Waals surface area contributed by atoms with Gasteiger partial charge < -0.3 is 9.47 Å². The predicted molar refractivity (Wildman–Crippen MR) is 103 cm³/mol. The summed E-state index contributed by atoms with van der Waals surface area (Å²) >= 11 is 11.8. The third kappa shape index (κ3) is 3.72. The Bertz CT molecular complexity index is 1090. The van der Waals surface area contributed by atoms with E-state index < -0.39 is 0 Å². The number of aromatic nitrogens is 2. The minimum absolute atomic E-state index is 0.374. The number of rotatable bonds is 4. The summed E-state index contributed by atoms with van der Waals surface area (Å²) in [5.41, 5.74) is 0. The van der Waals surface area contributed by atoms with Gasteiger partial charge in [0.2, 0.25) is 11.8 Å². The van der Waals surface area contributed by atoms with Crippen molar-refractivity contribution in [3.05, 3.63) is 83.1 Å². The lowest BCUT2D eigenvalue weighted by molar-refractivity contribution is 0.460. The molecule has 2 aromatic heterocycles. The molecule has 0 atom stereocenters. The summed E-state index contributed by atoms with van der Waals surface area (Å²) in [6, 6.07) is 21.9. The Kier molecular flexibility index (Phi) is 4.61. The minimum atomic E-state index is 0.374. The standard InChI is InChI=1S/C20H12Cl2N2O2/c21-17-6-2-8-19(23-17)25-14-11-10-13-4-1-5-16(15(13)12-14)26-20-9-3-7-18(22)24-20/h1-12H. The smallest absolute Gasteiger partial charge is 0.220 e. The fourth-order valence-electron chi connectivity index (χ4n) is 2.50. The van der Waals surface area contributed by atoms with Crippen LogP contribution in [-0.4, -0.2) is 9.97 Å². The van der Waals surface area contributed by atoms with Gasteiger partial charge in [-0.2, -0.15) is 0 Å². The lowest BCUT2D eigenvalue weighted by atomic mass is 10.1. The molecule has 0 aliphatic heterocycles. The number of hydrogen-bond acceptors (Lipinski definition) is 4. The van der Waals surface area contributed by atoms with Crippen molar-refractivity contribution in [2.45, 2.75) is 0 Å². The molecule has 0 amide bonds. The molecule has 4 aromatic rings. The van der Waals surface area contributed by atoms with E-state index in [-0.39, 0.29) is 0 Å². The molecular formula is C20H12Cl2N2O2. The molecule has 0 saturated carbocycles. The summed E-state index contributed by atoms with van der Waals surface area (Å²) in [5, 5.41) is 2.64. The van der Waals surface area contributed by atoms with Crippen molar-refractivity contribution in [2.75, 3.05) is 0 Å². The predicted octanol–water partition coefficient (Wildman–Crippen LogP) is 6.52. The zero-order valence-electron chi connectivity index (χ0n) is 13.4. The van der Waals surface area contributed by atoms with Crippen LogP contribution in [-0.2, 0) is 0 Å². The van der Waals surface area contributed by atoms with E-state index in [4.69, 9.17) is 32.7 Å². The summed E-state index contributed by atoms with van der Waals surface area (Å²) in [7, 11) is 0. The molecule has 0 aliphatic rings. The fourth-order valence-corrected chi connectivity index (χ4v) is 2.81. The van der Waals surface area contributed by atoms with Crippen molar-refractivity contribution in [3.8, 4) is 23.3 Å². The van der Waals surface area contributed by atoms with Gasteiger partial charge in [0.15, 0.2) is 0 Å². The van der Waals surface area contributed by atoms with Crippen LogP contribution >= 0.6 is 23.2 Å². The Morgan fingerprint density at radius 1 is 0.654 bits per heavy atom. The van der Waals surface area contributed by atoms with Crippen LogP contribution in [0.4, 0.5) is 0 Å². The molecule has 0 saturated heterocycles. The maximum atomic E-state index is 5.93. The molecule has 2 heterocycles. The van der Waals surface area contributed by atoms with Gasteiger partial charge in [-0.25, -0.2) is 9.97 Å². The van der Waals surface area contributed by atoms with Crippen LogP contribution < -0.4 is 9.47 Å². The van der Waals surface area contributed by atoms with Gasteiger partial charge in [-0.3, -0.25) is 0 Å². The highest BCUT2D eigenvalue weighted by Gasteiger charge is 2.08. The number of halogens is 2. The number of fused-ring (bicyclic) bond motifs is 1. The van der Waals surface area contributed by atoms with Crippen molar-refractivity contribution in [1.82, 2.24) is 9.97 Å². The second-order valence-electron chi connectivity index (χ2n) is 5.44. The maximum Gasteiger partial charge on any atom is 0.220 e. The summed E-state index contributed by atoms with van der Waals surface area (Å²) < 4.78 is 11.7. The molecule has 6 heteroatoms. The van der Waals surface area contributed by atoms with Gasteiger partial charge in [0.25, 0.3) is 0 Å². The number of nitrogens with zero attached hydrogens (tertiary/aromatic N) is 2.